The molecule has 1 saturated carbocycles. The van der Waals surface area contributed by atoms with E-state index < -0.39 is 0 Å². The monoisotopic (exact) mass is 234 g/mol. The summed E-state index contributed by atoms with van der Waals surface area (Å²) in [5, 5.41) is 0. The zero-order valence-corrected chi connectivity index (χ0v) is 11.0. The fraction of sp³-hybridized carbons (Fsp3) is 0.692. The van der Waals surface area contributed by atoms with E-state index in [0.717, 1.165) is 30.5 Å². The van der Waals surface area contributed by atoms with E-state index in [9.17, 15) is 0 Å². The molecule has 0 atom stereocenters. The van der Waals surface area contributed by atoms with Crippen LogP contribution in [0, 0.1) is 12.8 Å². The Kier molecular flexibility index (Phi) is 3.62. The molecule has 1 aliphatic rings. The maximum Gasteiger partial charge on any atom is 0.144 e. The Bertz CT molecular complexity index is 365. The van der Waals surface area contributed by atoms with E-state index in [0.29, 0.717) is 11.9 Å². The van der Waals surface area contributed by atoms with E-state index in [-0.39, 0.29) is 0 Å². The largest absolute Gasteiger partial charge is 0.384 e. The van der Waals surface area contributed by atoms with Gasteiger partial charge in [-0.15, -0.1) is 0 Å². The van der Waals surface area contributed by atoms with E-state index in [4.69, 9.17) is 5.73 Å². The molecule has 1 heterocycles. The molecule has 0 aliphatic heterocycles. The third-order valence-corrected chi connectivity index (χ3v) is 3.18. The topological polar surface area (TPSA) is 55.0 Å². The second-order valence-corrected chi connectivity index (χ2v) is 5.32. The van der Waals surface area contributed by atoms with Crippen LogP contribution in [-0.4, -0.2) is 27.5 Å². The highest BCUT2D eigenvalue weighted by atomic mass is 15.2. The number of hydrogen-bond donors (Lipinski definition) is 1. The standard InChI is InChI=1S/C13H22N4/c1-9(2)17(7-11-4-5-11)8-13-15-10(3)6-12(14)16-13/h6,9,11H,4-5,7-8H2,1-3H3,(H2,14,15,16). The van der Waals surface area contributed by atoms with Gasteiger partial charge in [0.05, 0.1) is 6.54 Å². The molecule has 1 aromatic heterocycles. The first kappa shape index (κ1) is 12.3. The highest BCUT2D eigenvalue weighted by molar-refractivity contribution is 5.29. The summed E-state index contributed by atoms with van der Waals surface area (Å²) < 4.78 is 0. The molecule has 0 amide bonds. The maximum absolute atomic E-state index is 5.76. The van der Waals surface area contributed by atoms with Crippen molar-refractivity contribution in [2.24, 2.45) is 5.92 Å². The molecule has 0 unspecified atom stereocenters. The predicted octanol–water partition coefficient (Wildman–Crippen LogP) is 1.99. The van der Waals surface area contributed by atoms with Crippen LogP contribution in [0.25, 0.3) is 0 Å². The lowest BCUT2D eigenvalue weighted by atomic mass is 10.2. The van der Waals surface area contributed by atoms with Gasteiger partial charge in [-0.1, -0.05) is 0 Å². The number of aryl methyl sites for hydroxylation is 1. The van der Waals surface area contributed by atoms with Crippen molar-refractivity contribution in [3.63, 3.8) is 0 Å². The Morgan fingerprint density at radius 2 is 2.12 bits per heavy atom. The normalized spacial score (nSPS) is 15.8. The van der Waals surface area contributed by atoms with E-state index in [2.05, 4.69) is 28.7 Å². The van der Waals surface area contributed by atoms with Gasteiger partial charge < -0.3 is 5.73 Å². The van der Waals surface area contributed by atoms with Gasteiger partial charge in [0.25, 0.3) is 0 Å². The fourth-order valence-electron chi connectivity index (χ4n) is 2.00. The third kappa shape index (κ3) is 3.66. The van der Waals surface area contributed by atoms with Crippen LogP contribution < -0.4 is 5.73 Å². The molecule has 94 valence electrons. The smallest absolute Gasteiger partial charge is 0.144 e. The first-order valence-electron chi connectivity index (χ1n) is 6.38. The van der Waals surface area contributed by atoms with E-state index in [1.807, 2.05) is 13.0 Å². The van der Waals surface area contributed by atoms with E-state index >= 15 is 0 Å². The quantitative estimate of drug-likeness (QED) is 0.846. The number of nitrogens with zero attached hydrogens (tertiary/aromatic N) is 3. The number of rotatable bonds is 5. The minimum Gasteiger partial charge on any atom is -0.384 e. The Labute approximate surface area is 103 Å². The molecule has 17 heavy (non-hydrogen) atoms. The second kappa shape index (κ2) is 5.00. The van der Waals surface area contributed by atoms with Gasteiger partial charge in [-0.3, -0.25) is 4.90 Å². The second-order valence-electron chi connectivity index (χ2n) is 5.32. The van der Waals surface area contributed by atoms with Gasteiger partial charge in [-0.05, 0) is 39.5 Å². The highest BCUT2D eigenvalue weighted by Crippen LogP contribution is 2.30. The fourth-order valence-corrected chi connectivity index (χ4v) is 2.00. The molecule has 1 aliphatic carbocycles. The van der Waals surface area contributed by atoms with Gasteiger partial charge in [-0.2, -0.15) is 0 Å². The number of hydrogen-bond acceptors (Lipinski definition) is 4. The van der Waals surface area contributed by atoms with Gasteiger partial charge in [0.15, 0.2) is 0 Å². The predicted molar refractivity (Wildman–Crippen MR) is 69.5 cm³/mol. The molecular formula is C13H22N4. The summed E-state index contributed by atoms with van der Waals surface area (Å²) in [6, 6.07) is 2.34. The summed E-state index contributed by atoms with van der Waals surface area (Å²) in [6.45, 7) is 8.38. The van der Waals surface area contributed by atoms with Crippen LogP contribution in [0.5, 0.6) is 0 Å². The number of nitrogens with two attached hydrogens (primary N) is 1. The SMILES string of the molecule is Cc1cc(N)nc(CN(CC2CC2)C(C)C)n1. The summed E-state index contributed by atoms with van der Waals surface area (Å²) >= 11 is 0. The van der Waals surface area contributed by atoms with Crippen molar-refractivity contribution in [3.05, 3.63) is 17.6 Å². The average molecular weight is 234 g/mol. The molecule has 4 nitrogen and oxygen atoms in total. The molecule has 1 fully saturated rings. The minimum atomic E-state index is 0.529. The van der Waals surface area contributed by atoms with Crippen LogP contribution in [-0.2, 0) is 6.54 Å². The Hall–Kier alpha value is -1.16. The van der Waals surface area contributed by atoms with Gasteiger partial charge in [0.1, 0.15) is 11.6 Å². The highest BCUT2D eigenvalue weighted by Gasteiger charge is 2.25. The number of aromatic nitrogens is 2. The first-order chi connectivity index (χ1) is 8.04. The van der Waals surface area contributed by atoms with E-state index in [1.54, 1.807) is 0 Å². The minimum absolute atomic E-state index is 0.529. The number of anilines is 1. The van der Waals surface area contributed by atoms with Crippen molar-refractivity contribution < 1.29 is 0 Å². The van der Waals surface area contributed by atoms with Crippen molar-refractivity contribution in [3.8, 4) is 0 Å². The van der Waals surface area contributed by atoms with Crippen molar-refractivity contribution in [1.29, 1.82) is 0 Å². The molecule has 0 aromatic carbocycles. The molecule has 0 saturated heterocycles. The first-order valence-corrected chi connectivity index (χ1v) is 6.38. The van der Waals surface area contributed by atoms with Crippen LogP contribution in [0.15, 0.2) is 6.07 Å². The van der Waals surface area contributed by atoms with Gasteiger partial charge in [-0.25, -0.2) is 9.97 Å². The summed E-state index contributed by atoms with van der Waals surface area (Å²) in [5.74, 6) is 2.30. The van der Waals surface area contributed by atoms with Crippen molar-refractivity contribution in [2.75, 3.05) is 12.3 Å². The van der Waals surface area contributed by atoms with Crippen LogP contribution in [0.3, 0.4) is 0 Å². The summed E-state index contributed by atoms with van der Waals surface area (Å²) in [6.07, 6.45) is 2.75. The molecule has 0 radical (unpaired) electrons. The molecule has 0 spiro atoms. The van der Waals surface area contributed by atoms with Crippen LogP contribution in [0.1, 0.15) is 38.2 Å². The third-order valence-electron chi connectivity index (χ3n) is 3.18. The van der Waals surface area contributed by atoms with Crippen LogP contribution >= 0.6 is 0 Å². The van der Waals surface area contributed by atoms with Crippen molar-refractivity contribution >= 4 is 5.82 Å². The zero-order chi connectivity index (χ0) is 12.4. The van der Waals surface area contributed by atoms with Gasteiger partial charge in [0.2, 0.25) is 0 Å². The van der Waals surface area contributed by atoms with Crippen molar-refractivity contribution in [2.45, 2.75) is 46.2 Å². The molecule has 0 bridgehead atoms. The van der Waals surface area contributed by atoms with Crippen LogP contribution in [0.4, 0.5) is 5.82 Å². The summed E-state index contributed by atoms with van der Waals surface area (Å²) in [5.41, 5.74) is 6.70. The van der Waals surface area contributed by atoms with Crippen LogP contribution in [0.2, 0.25) is 0 Å². The molecule has 2 N–H and O–H groups in total. The Morgan fingerprint density at radius 3 is 2.65 bits per heavy atom. The van der Waals surface area contributed by atoms with E-state index in [1.165, 1.54) is 12.8 Å². The number of nitrogen functional groups attached to an aromatic ring is 1. The maximum atomic E-state index is 5.76. The zero-order valence-electron chi connectivity index (χ0n) is 11.0. The summed E-state index contributed by atoms with van der Waals surface area (Å²) in [4.78, 5) is 11.2. The molecule has 4 heteroatoms. The lowest BCUT2D eigenvalue weighted by Crippen LogP contribution is -2.33. The van der Waals surface area contributed by atoms with Crippen molar-refractivity contribution in [1.82, 2.24) is 14.9 Å². The van der Waals surface area contributed by atoms with Gasteiger partial charge >= 0.3 is 0 Å². The lowest BCUT2D eigenvalue weighted by molar-refractivity contribution is 0.198. The Balaban J connectivity index is 2.04. The average Bonchev–Trinajstić information content (AvgIpc) is 2.98. The summed E-state index contributed by atoms with van der Waals surface area (Å²) in [7, 11) is 0. The molecular weight excluding hydrogens is 212 g/mol. The Morgan fingerprint density at radius 1 is 1.41 bits per heavy atom. The lowest BCUT2D eigenvalue weighted by Gasteiger charge is -2.25. The molecule has 2 rings (SSSR count). The van der Waals surface area contributed by atoms with Gasteiger partial charge in [0, 0.05) is 24.3 Å². The molecule has 1 aromatic rings.